The zero-order chi connectivity index (χ0) is 20.5. The number of aryl methyl sites for hydroxylation is 2. The van der Waals surface area contributed by atoms with Crippen LogP contribution >= 0.6 is 0 Å². The summed E-state index contributed by atoms with van der Waals surface area (Å²) in [6, 6.07) is 1.73. The second kappa shape index (κ2) is 8.25. The molecule has 2 aliphatic heterocycles. The molecular weight excluding hydrogens is 374 g/mol. The van der Waals surface area contributed by atoms with Gasteiger partial charge in [0, 0.05) is 58.1 Å². The Balaban J connectivity index is 1.46. The summed E-state index contributed by atoms with van der Waals surface area (Å²) in [5, 5.41) is 8.58. The molecule has 0 radical (unpaired) electrons. The number of hydrogen-bond acceptors (Lipinski definition) is 7. The number of fused-ring (bicyclic) bond motifs is 2. The third-order valence-corrected chi connectivity index (χ3v) is 5.71. The molecule has 0 aromatic carbocycles. The summed E-state index contributed by atoms with van der Waals surface area (Å²) in [5.41, 5.74) is 3.12. The Bertz CT molecular complexity index is 862. The maximum atomic E-state index is 13.1. The van der Waals surface area contributed by atoms with Gasteiger partial charge in [0.1, 0.15) is 0 Å². The van der Waals surface area contributed by atoms with E-state index in [-0.39, 0.29) is 18.1 Å². The number of aromatic nitrogens is 3. The fraction of sp³-hybridized carbons (Fsp3) is 0.650. The van der Waals surface area contributed by atoms with Crippen molar-refractivity contribution in [2.45, 2.75) is 39.5 Å². The Morgan fingerprint density at radius 3 is 2.59 bits per heavy atom. The van der Waals surface area contributed by atoms with Gasteiger partial charge in [-0.2, -0.15) is 5.10 Å². The molecule has 2 bridgehead atoms. The first-order chi connectivity index (χ1) is 14.0. The van der Waals surface area contributed by atoms with Gasteiger partial charge in [-0.25, -0.2) is 0 Å². The van der Waals surface area contributed by atoms with Gasteiger partial charge in [-0.15, -0.1) is 0 Å². The number of amides is 1. The van der Waals surface area contributed by atoms with E-state index in [2.05, 4.69) is 15.2 Å². The van der Waals surface area contributed by atoms with Crippen LogP contribution in [-0.2, 0) is 16.0 Å². The number of carbonyl (C=O) groups excluding carboxylic acids is 1. The molecule has 2 fully saturated rings. The van der Waals surface area contributed by atoms with Gasteiger partial charge in [0.15, 0.2) is 11.5 Å². The minimum absolute atomic E-state index is 0.0157. The van der Waals surface area contributed by atoms with Crippen molar-refractivity contribution in [2.75, 3.05) is 46.4 Å². The molecule has 0 aliphatic carbocycles. The van der Waals surface area contributed by atoms with Gasteiger partial charge in [0.25, 0.3) is 5.91 Å². The molecule has 4 heterocycles. The van der Waals surface area contributed by atoms with E-state index in [4.69, 9.17) is 14.0 Å². The van der Waals surface area contributed by atoms with Gasteiger partial charge < -0.3 is 18.9 Å². The summed E-state index contributed by atoms with van der Waals surface area (Å²) in [5.74, 6) is 0.476. The molecule has 0 N–H and O–H groups in total. The average Bonchev–Trinajstić information content (AvgIpc) is 3.29. The predicted molar refractivity (Wildman–Crippen MR) is 106 cm³/mol. The van der Waals surface area contributed by atoms with Gasteiger partial charge in [-0.3, -0.25) is 14.4 Å². The number of hydrogen-bond donors (Lipinski definition) is 0. The lowest BCUT2D eigenvalue weighted by Gasteiger charge is -2.45. The Morgan fingerprint density at radius 2 is 1.97 bits per heavy atom. The lowest BCUT2D eigenvalue weighted by molar-refractivity contribution is -0.131. The summed E-state index contributed by atoms with van der Waals surface area (Å²) in [6.07, 6.45) is 0.0314. The van der Waals surface area contributed by atoms with Gasteiger partial charge in [0.2, 0.25) is 0 Å². The van der Waals surface area contributed by atoms with Crippen LogP contribution < -0.4 is 0 Å². The topological polar surface area (TPSA) is 85.9 Å². The minimum Gasteiger partial charge on any atom is -0.383 e. The lowest BCUT2D eigenvalue weighted by atomic mass is 10.1. The SMILES string of the molecule is CCn1nc(C)c(-c2cc(C(=O)N3CC4CN(CCOC)CC(C3)O4)no2)c1C. The maximum absolute atomic E-state index is 13.1. The van der Waals surface area contributed by atoms with Crippen LogP contribution in [0.4, 0.5) is 0 Å². The molecule has 9 nitrogen and oxygen atoms in total. The van der Waals surface area contributed by atoms with Crippen molar-refractivity contribution in [3.05, 3.63) is 23.1 Å². The zero-order valence-electron chi connectivity index (χ0n) is 17.6. The van der Waals surface area contributed by atoms with E-state index in [0.29, 0.717) is 31.2 Å². The smallest absolute Gasteiger partial charge is 0.276 e. The van der Waals surface area contributed by atoms with E-state index >= 15 is 0 Å². The van der Waals surface area contributed by atoms with Crippen LogP contribution in [0.3, 0.4) is 0 Å². The molecule has 2 aliphatic rings. The van der Waals surface area contributed by atoms with Crippen LogP contribution in [0.2, 0.25) is 0 Å². The van der Waals surface area contributed by atoms with Crippen molar-refractivity contribution in [1.82, 2.24) is 24.7 Å². The molecule has 4 rings (SSSR count). The monoisotopic (exact) mass is 403 g/mol. The molecule has 2 saturated heterocycles. The lowest BCUT2D eigenvalue weighted by Crippen LogP contribution is -2.60. The summed E-state index contributed by atoms with van der Waals surface area (Å²) in [6.45, 7) is 11.1. The molecule has 2 unspecified atom stereocenters. The van der Waals surface area contributed by atoms with Crippen LogP contribution in [0, 0.1) is 13.8 Å². The van der Waals surface area contributed by atoms with E-state index in [1.54, 1.807) is 13.2 Å². The summed E-state index contributed by atoms with van der Waals surface area (Å²) in [7, 11) is 1.71. The van der Waals surface area contributed by atoms with Crippen molar-refractivity contribution in [3.8, 4) is 11.3 Å². The first kappa shape index (κ1) is 20.1. The zero-order valence-corrected chi connectivity index (χ0v) is 17.6. The molecule has 0 saturated carbocycles. The molecule has 9 heteroatoms. The van der Waals surface area contributed by atoms with Crippen LogP contribution in [-0.4, -0.2) is 89.3 Å². The van der Waals surface area contributed by atoms with Crippen molar-refractivity contribution in [2.24, 2.45) is 0 Å². The number of nitrogens with zero attached hydrogens (tertiary/aromatic N) is 5. The predicted octanol–water partition coefficient (Wildman–Crippen LogP) is 1.35. The van der Waals surface area contributed by atoms with Crippen molar-refractivity contribution < 1.29 is 18.8 Å². The first-order valence-corrected chi connectivity index (χ1v) is 10.2. The van der Waals surface area contributed by atoms with Crippen LogP contribution in [0.15, 0.2) is 10.6 Å². The number of rotatable bonds is 6. The van der Waals surface area contributed by atoms with Crippen LogP contribution in [0.5, 0.6) is 0 Å². The largest absolute Gasteiger partial charge is 0.383 e. The average molecular weight is 403 g/mol. The highest BCUT2D eigenvalue weighted by Gasteiger charge is 2.37. The molecule has 2 atom stereocenters. The van der Waals surface area contributed by atoms with E-state index in [1.165, 1.54) is 0 Å². The van der Waals surface area contributed by atoms with Crippen LogP contribution in [0.1, 0.15) is 28.8 Å². The number of carbonyl (C=O) groups is 1. The summed E-state index contributed by atoms with van der Waals surface area (Å²) >= 11 is 0. The van der Waals surface area contributed by atoms with Gasteiger partial charge in [-0.1, -0.05) is 5.16 Å². The molecule has 2 aromatic heterocycles. The normalized spacial score (nSPS) is 22.3. The van der Waals surface area contributed by atoms with Gasteiger partial charge in [-0.05, 0) is 20.8 Å². The van der Waals surface area contributed by atoms with Crippen molar-refractivity contribution >= 4 is 5.91 Å². The van der Waals surface area contributed by atoms with Gasteiger partial charge in [0.05, 0.1) is 30.1 Å². The quantitative estimate of drug-likeness (QED) is 0.720. The highest BCUT2D eigenvalue weighted by atomic mass is 16.5. The summed E-state index contributed by atoms with van der Waals surface area (Å²) < 4.78 is 18.7. The second-order valence-electron chi connectivity index (χ2n) is 7.78. The van der Waals surface area contributed by atoms with Gasteiger partial charge >= 0.3 is 0 Å². The number of morpholine rings is 2. The fourth-order valence-corrected chi connectivity index (χ4v) is 4.36. The molecular formula is C20H29N5O4. The standard InChI is InChI=1S/C20H29N5O4/c1-5-25-14(3)19(13(2)21-25)18-8-17(22-29-18)20(26)24-11-15-9-23(6-7-27-4)10-16(12-24)28-15/h8,15-16H,5-7,9-12H2,1-4H3. The highest BCUT2D eigenvalue weighted by molar-refractivity contribution is 5.93. The molecule has 2 aromatic rings. The molecule has 158 valence electrons. The maximum Gasteiger partial charge on any atom is 0.276 e. The van der Waals surface area contributed by atoms with E-state index < -0.39 is 0 Å². The number of ether oxygens (including phenoxy) is 2. The van der Waals surface area contributed by atoms with E-state index in [0.717, 1.165) is 43.1 Å². The van der Waals surface area contributed by atoms with Crippen LogP contribution in [0.25, 0.3) is 11.3 Å². The highest BCUT2D eigenvalue weighted by Crippen LogP contribution is 2.28. The third-order valence-electron chi connectivity index (χ3n) is 5.71. The fourth-order valence-electron chi connectivity index (χ4n) is 4.36. The second-order valence-corrected chi connectivity index (χ2v) is 7.78. The molecule has 1 amide bonds. The Morgan fingerprint density at radius 1 is 1.24 bits per heavy atom. The first-order valence-electron chi connectivity index (χ1n) is 10.2. The third kappa shape index (κ3) is 3.94. The van der Waals surface area contributed by atoms with E-state index in [1.807, 2.05) is 30.4 Å². The molecule has 0 spiro atoms. The molecule has 29 heavy (non-hydrogen) atoms. The van der Waals surface area contributed by atoms with Crippen molar-refractivity contribution in [1.29, 1.82) is 0 Å². The Kier molecular flexibility index (Phi) is 5.71. The minimum atomic E-state index is -0.109. The van der Waals surface area contributed by atoms with E-state index in [9.17, 15) is 4.79 Å². The Hall–Kier alpha value is -2.23. The number of methoxy groups -OCH3 is 1. The Labute approximate surface area is 170 Å². The summed E-state index contributed by atoms with van der Waals surface area (Å²) in [4.78, 5) is 17.2. The van der Waals surface area contributed by atoms with Crippen molar-refractivity contribution in [3.63, 3.8) is 0 Å².